The average molecular weight is 331 g/mol. The number of para-hydroxylation sites is 1. The Labute approximate surface area is 142 Å². The van der Waals surface area contributed by atoms with E-state index in [2.05, 4.69) is 34.1 Å². The van der Waals surface area contributed by atoms with E-state index in [1.54, 1.807) is 0 Å². The summed E-state index contributed by atoms with van der Waals surface area (Å²) in [4.78, 5) is 10.1. The molecule has 1 atom stereocenters. The summed E-state index contributed by atoms with van der Waals surface area (Å²) in [5.41, 5.74) is 1.16. The van der Waals surface area contributed by atoms with E-state index in [0.717, 1.165) is 31.8 Å². The van der Waals surface area contributed by atoms with Crippen molar-refractivity contribution >= 4 is 21.6 Å². The van der Waals surface area contributed by atoms with Crippen LogP contribution in [-0.4, -0.2) is 67.3 Å². The van der Waals surface area contributed by atoms with Crippen molar-refractivity contribution in [3.05, 3.63) is 29.3 Å². The third-order valence-corrected chi connectivity index (χ3v) is 6.20. The van der Waals surface area contributed by atoms with Crippen LogP contribution in [0.1, 0.15) is 23.8 Å². The predicted molar refractivity (Wildman–Crippen MR) is 95.3 cm³/mol. The van der Waals surface area contributed by atoms with E-state index in [0.29, 0.717) is 5.92 Å². The molecule has 2 saturated heterocycles. The summed E-state index contributed by atoms with van der Waals surface area (Å²) in [6.07, 6.45) is 2.58. The van der Waals surface area contributed by atoms with Crippen LogP contribution in [0.15, 0.2) is 24.3 Å². The summed E-state index contributed by atoms with van der Waals surface area (Å²) < 4.78 is 6.76. The first kappa shape index (κ1) is 15.5. The second-order valence-corrected chi connectivity index (χ2v) is 7.68. The molecule has 0 amide bonds. The summed E-state index contributed by atoms with van der Waals surface area (Å²) in [5, 5.41) is 1.34. The lowest BCUT2D eigenvalue weighted by molar-refractivity contribution is 0.0319. The molecule has 5 heteroatoms. The Balaban J connectivity index is 1.36. The van der Waals surface area contributed by atoms with Gasteiger partial charge < -0.3 is 9.64 Å². The molecule has 1 aromatic heterocycles. The number of fused-ring (bicyclic) bond motifs is 1. The minimum absolute atomic E-state index is 0.617. The molecule has 3 heterocycles. The molecule has 0 spiro atoms. The van der Waals surface area contributed by atoms with Gasteiger partial charge in [-0.1, -0.05) is 12.1 Å². The zero-order chi connectivity index (χ0) is 15.5. The molecule has 2 fully saturated rings. The molecule has 2 aromatic rings. The monoisotopic (exact) mass is 331 g/mol. The highest BCUT2D eigenvalue weighted by atomic mass is 32.1. The SMILES string of the molecule is c1ccc2sc(C3CCCN(CCN4CCOCC4)C3)nc2c1. The molecule has 124 valence electrons. The highest BCUT2D eigenvalue weighted by Gasteiger charge is 2.24. The van der Waals surface area contributed by atoms with Crippen LogP contribution in [0.3, 0.4) is 0 Å². The Morgan fingerprint density at radius 1 is 1.09 bits per heavy atom. The topological polar surface area (TPSA) is 28.6 Å². The van der Waals surface area contributed by atoms with Gasteiger partial charge in [-0.15, -0.1) is 11.3 Å². The van der Waals surface area contributed by atoms with Crippen LogP contribution in [0.25, 0.3) is 10.2 Å². The molecule has 2 aliphatic rings. The maximum Gasteiger partial charge on any atom is 0.0982 e. The van der Waals surface area contributed by atoms with Crippen LogP contribution < -0.4 is 0 Å². The minimum atomic E-state index is 0.617. The Bertz CT molecular complexity index is 605. The van der Waals surface area contributed by atoms with E-state index in [1.807, 2.05) is 11.3 Å². The van der Waals surface area contributed by atoms with Gasteiger partial charge in [-0.05, 0) is 31.5 Å². The fraction of sp³-hybridized carbons (Fsp3) is 0.611. The number of likely N-dealkylation sites (tertiary alicyclic amines) is 1. The van der Waals surface area contributed by atoms with Gasteiger partial charge in [0.15, 0.2) is 0 Å². The van der Waals surface area contributed by atoms with Crippen molar-refractivity contribution in [1.29, 1.82) is 0 Å². The number of thiazole rings is 1. The molecule has 0 N–H and O–H groups in total. The van der Waals surface area contributed by atoms with Crippen molar-refractivity contribution in [3.8, 4) is 0 Å². The number of nitrogens with zero attached hydrogens (tertiary/aromatic N) is 3. The maximum absolute atomic E-state index is 5.43. The molecule has 4 rings (SSSR count). The van der Waals surface area contributed by atoms with Crippen molar-refractivity contribution in [2.45, 2.75) is 18.8 Å². The Morgan fingerprint density at radius 2 is 1.91 bits per heavy atom. The summed E-state index contributed by atoms with van der Waals surface area (Å²) >= 11 is 1.89. The van der Waals surface area contributed by atoms with Gasteiger partial charge in [0.2, 0.25) is 0 Å². The van der Waals surface area contributed by atoms with Crippen LogP contribution in [0.4, 0.5) is 0 Å². The van der Waals surface area contributed by atoms with Crippen LogP contribution in [0.2, 0.25) is 0 Å². The number of ether oxygens (including phenoxy) is 1. The van der Waals surface area contributed by atoms with Crippen molar-refractivity contribution in [2.75, 3.05) is 52.5 Å². The van der Waals surface area contributed by atoms with Gasteiger partial charge in [-0.2, -0.15) is 0 Å². The van der Waals surface area contributed by atoms with Crippen molar-refractivity contribution < 1.29 is 4.74 Å². The summed E-state index contributed by atoms with van der Waals surface area (Å²) in [7, 11) is 0. The highest BCUT2D eigenvalue weighted by Crippen LogP contribution is 2.32. The molecule has 0 bridgehead atoms. The quantitative estimate of drug-likeness (QED) is 0.861. The molecule has 0 saturated carbocycles. The van der Waals surface area contributed by atoms with Gasteiger partial charge >= 0.3 is 0 Å². The van der Waals surface area contributed by atoms with E-state index < -0.39 is 0 Å². The van der Waals surface area contributed by atoms with E-state index >= 15 is 0 Å². The molecular weight excluding hydrogens is 306 g/mol. The third-order valence-electron chi connectivity index (χ3n) is 5.00. The van der Waals surface area contributed by atoms with E-state index in [9.17, 15) is 0 Å². The number of aromatic nitrogens is 1. The van der Waals surface area contributed by atoms with Gasteiger partial charge in [0.05, 0.1) is 28.4 Å². The lowest BCUT2D eigenvalue weighted by Crippen LogP contribution is -2.43. The first-order valence-corrected chi connectivity index (χ1v) is 9.58. The fourth-order valence-electron chi connectivity index (χ4n) is 3.63. The summed E-state index contributed by atoms with van der Waals surface area (Å²) in [5.74, 6) is 0.617. The lowest BCUT2D eigenvalue weighted by atomic mass is 9.99. The second-order valence-electron chi connectivity index (χ2n) is 6.61. The van der Waals surface area contributed by atoms with Crippen molar-refractivity contribution in [3.63, 3.8) is 0 Å². The standard InChI is InChI=1S/C18H25N3OS/c1-2-6-17-16(5-1)19-18(23-17)15-4-3-7-21(14-15)9-8-20-10-12-22-13-11-20/h1-2,5-6,15H,3-4,7-14H2. The number of rotatable bonds is 4. The number of hydrogen-bond acceptors (Lipinski definition) is 5. The van der Waals surface area contributed by atoms with E-state index in [4.69, 9.17) is 9.72 Å². The minimum Gasteiger partial charge on any atom is -0.379 e. The second kappa shape index (κ2) is 7.26. The van der Waals surface area contributed by atoms with E-state index in [-0.39, 0.29) is 0 Å². The molecule has 0 aliphatic carbocycles. The van der Waals surface area contributed by atoms with Crippen molar-refractivity contribution in [2.24, 2.45) is 0 Å². The normalized spacial score (nSPS) is 24.3. The summed E-state index contributed by atoms with van der Waals surface area (Å²) in [6.45, 7) is 8.75. The molecule has 23 heavy (non-hydrogen) atoms. The van der Waals surface area contributed by atoms with Gasteiger partial charge in [0, 0.05) is 38.6 Å². The molecule has 1 unspecified atom stereocenters. The van der Waals surface area contributed by atoms with Crippen LogP contribution >= 0.6 is 11.3 Å². The lowest BCUT2D eigenvalue weighted by Gasteiger charge is -2.34. The molecule has 2 aliphatic heterocycles. The first-order chi connectivity index (χ1) is 11.4. The number of piperidine rings is 1. The van der Waals surface area contributed by atoms with Crippen LogP contribution in [0.5, 0.6) is 0 Å². The van der Waals surface area contributed by atoms with Gasteiger partial charge in [0.1, 0.15) is 0 Å². The Hall–Kier alpha value is -1.01. The average Bonchev–Trinajstić information content (AvgIpc) is 3.05. The first-order valence-electron chi connectivity index (χ1n) is 8.76. The summed E-state index contributed by atoms with van der Waals surface area (Å²) in [6, 6.07) is 8.52. The smallest absolute Gasteiger partial charge is 0.0982 e. The Kier molecular flexibility index (Phi) is 4.90. The molecular formula is C18H25N3OS. The Morgan fingerprint density at radius 3 is 2.78 bits per heavy atom. The number of hydrogen-bond donors (Lipinski definition) is 0. The molecule has 4 nitrogen and oxygen atoms in total. The van der Waals surface area contributed by atoms with Gasteiger partial charge in [-0.25, -0.2) is 4.98 Å². The van der Waals surface area contributed by atoms with Crippen LogP contribution in [0, 0.1) is 0 Å². The predicted octanol–water partition coefficient (Wildman–Crippen LogP) is 2.81. The molecule has 1 aromatic carbocycles. The third kappa shape index (κ3) is 3.74. The number of benzene rings is 1. The van der Waals surface area contributed by atoms with Gasteiger partial charge in [-0.3, -0.25) is 4.90 Å². The van der Waals surface area contributed by atoms with Crippen molar-refractivity contribution in [1.82, 2.24) is 14.8 Å². The van der Waals surface area contributed by atoms with Crippen LogP contribution in [-0.2, 0) is 4.74 Å². The fourth-order valence-corrected chi connectivity index (χ4v) is 4.73. The maximum atomic E-state index is 5.43. The van der Waals surface area contributed by atoms with Gasteiger partial charge in [0.25, 0.3) is 0 Å². The molecule has 0 radical (unpaired) electrons. The largest absolute Gasteiger partial charge is 0.379 e. The zero-order valence-corrected chi connectivity index (χ0v) is 14.4. The highest BCUT2D eigenvalue weighted by molar-refractivity contribution is 7.18. The zero-order valence-electron chi connectivity index (χ0n) is 13.6. The number of morpholine rings is 1. The van der Waals surface area contributed by atoms with E-state index in [1.165, 1.54) is 48.7 Å².